The highest BCUT2D eigenvalue weighted by Gasteiger charge is 2.18. The minimum Gasteiger partial charge on any atom is -0.288 e. The maximum atomic E-state index is 12.2. The Morgan fingerprint density at radius 3 is 2.35 bits per heavy atom. The summed E-state index contributed by atoms with van der Waals surface area (Å²) in [5, 5.41) is 0.869. The van der Waals surface area contributed by atoms with Crippen LogP contribution >= 0.6 is 66.4 Å². The number of benzene rings is 1. The van der Waals surface area contributed by atoms with Gasteiger partial charge in [-0.25, -0.2) is 0 Å². The van der Waals surface area contributed by atoms with Gasteiger partial charge >= 0.3 is 0 Å². The molecule has 0 aliphatic carbocycles. The van der Waals surface area contributed by atoms with Crippen molar-refractivity contribution in [2.45, 2.75) is 0 Å². The van der Waals surface area contributed by atoms with E-state index in [1.807, 2.05) is 0 Å². The molecule has 1 aromatic carbocycles. The first-order chi connectivity index (χ1) is 7.99. The van der Waals surface area contributed by atoms with Gasteiger partial charge < -0.3 is 0 Å². The van der Waals surface area contributed by atoms with Crippen LogP contribution in [-0.4, -0.2) is 5.78 Å². The highest BCUT2D eigenvalue weighted by atomic mass is 79.9. The second kappa shape index (κ2) is 5.41. The fourth-order valence-electron chi connectivity index (χ4n) is 1.31. The van der Waals surface area contributed by atoms with Gasteiger partial charge in [-0.05, 0) is 56.1 Å². The number of rotatable bonds is 2. The normalized spacial score (nSPS) is 10.6. The second-order valence-electron chi connectivity index (χ2n) is 3.19. The molecule has 2 aromatic rings. The van der Waals surface area contributed by atoms with Crippen LogP contribution in [0.2, 0.25) is 10.0 Å². The molecular weight excluding hydrogens is 411 g/mol. The molecular formula is C11H4Br2Cl2OS. The highest BCUT2D eigenvalue weighted by Crippen LogP contribution is 2.34. The summed E-state index contributed by atoms with van der Waals surface area (Å²) in [6.45, 7) is 0. The molecule has 2 rings (SSSR count). The summed E-state index contributed by atoms with van der Waals surface area (Å²) < 4.78 is 1.67. The van der Waals surface area contributed by atoms with Gasteiger partial charge in [0.05, 0.1) is 12.6 Å². The molecule has 6 heteroatoms. The molecule has 0 aliphatic heterocycles. The molecule has 0 amide bonds. The van der Waals surface area contributed by atoms with Crippen LogP contribution in [0.25, 0.3) is 0 Å². The first kappa shape index (κ1) is 13.6. The topological polar surface area (TPSA) is 17.1 Å². The molecule has 0 N–H and O–H groups in total. The molecule has 0 aliphatic rings. The maximum Gasteiger partial charge on any atom is 0.196 e. The van der Waals surface area contributed by atoms with Gasteiger partial charge in [0.15, 0.2) is 5.78 Å². The summed E-state index contributed by atoms with van der Waals surface area (Å²) in [5.74, 6) is -0.125. The lowest BCUT2D eigenvalue weighted by molar-refractivity contribution is 0.103. The standard InChI is InChI=1S/C11H4Br2Cl2OS/c12-9-4-7(11(13)17-9)10(16)6-2-1-5(14)3-8(6)15/h1-4H. The van der Waals surface area contributed by atoms with Crippen molar-refractivity contribution in [1.82, 2.24) is 0 Å². The van der Waals surface area contributed by atoms with E-state index >= 15 is 0 Å². The lowest BCUT2D eigenvalue weighted by Gasteiger charge is -2.02. The Morgan fingerprint density at radius 2 is 1.82 bits per heavy atom. The summed E-state index contributed by atoms with van der Waals surface area (Å²) in [5.41, 5.74) is 1.04. The van der Waals surface area contributed by atoms with E-state index in [4.69, 9.17) is 23.2 Å². The minimum absolute atomic E-state index is 0.125. The number of carbonyl (C=O) groups excluding carboxylic acids is 1. The molecule has 17 heavy (non-hydrogen) atoms. The Hall–Kier alpha value is 0.130. The van der Waals surface area contributed by atoms with Gasteiger partial charge in [-0.1, -0.05) is 23.2 Å². The van der Waals surface area contributed by atoms with E-state index < -0.39 is 0 Å². The van der Waals surface area contributed by atoms with Crippen molar-refractivity contribution >= 4 is 72.2 Å². The van der Waals surface area contributed by atoms with Crippen molar-refractivity contribution < 1.29 is 4.79 Å². The SMILES string of the molecule is O=C(c1ccc(Cl)cc1Cl)c1cc(Br)sc1Br. The van der Waals surface area contributed by atoms with Crippen LogP contribution in [0.15, 0.2) is 31.8 Å². The Labute approximate surface area is 129 Å². The molecule has 0 radical (unpaired) electrons. The molecule has 0 bridgehead atoms. The summed E-state index contributed by atoms with van der Waals surface area (Å²) in [6.07, 6.45) is 0. The van der Waals surface area contributed by atoms with Gasteiger partial charge in [0.2, 0.25) is 0 Å². The van der Waals surface area contributed by atoms with Crippen LogP contribution in [-0.2, 0) is 0 Å². The van der Waals surface area contributed by atoms with E-state index in [-0.39, 0.29) is 5.78 Å². The van der Waals surface area contributed by atoms with Crippen LogP contribution < -0.4 is 0 Å². The molecule has 1 heterocycles. The van der Waals surface area contributed by atoms with Gasteiger partial charge in [0.25, 0.3) is 0 Å². The zero-order valence-corrected chi connectivity index (χ0v) is 13.6. The molecule has 0 unspecified atom stereocenters. The van der Waals surface area contributed by atoms with Crippen molar-refractivity contribution in [3.63, 3.8) is 0 Å². The molecule has 0 saturated heterocycles. The number of thiophene rings is 1. The molecule has 0 saturated carbocycles. The van der Waals surface area contributed by atoms with E-state index in [0.717, 1.165) is 7.57 Å². The van der Waals surface area contributed by atoms with E-state index in [9.17, 15) is 4.79 Å². The smallest absolute Gasteiger partial charge is 0.196 e. The second-order valence-corrected chi connectivity index (χ2v) is 7.78. The molecule has 0 fully saturated rings. The average molecular weight is 415 g/mol. The van der Waals surface area contributed by atoms with Crippen molar-refractivity contribution in [2.75, 3.05) is 0 Å². The fourth-order valence-corrected chi connectivity index (χ4v) is 4.60. The molecule has 0 atom stereocenters. The predicted octanol–water partition coefficient (Wildman–Crippen LogP) is 5.81. The van der Waals surface area contributed by atoms with Crippen molar-refractivity contribution in [3.8, 4) is 0 Å². The Bertz CT molecular complexity index is 595. The number of hydrogen-bond acceptors (Lipinski definition) is 2. The van der Waals surface area contributed by atoms with Crippen LogP contribution in [0.4, 0.5) is 0 Å². The first-order valence-corrected chi connectivity index (χ1v) is 7.59. The molecule has 88 valence electrons. The summed E-state index contributed by atoms with van der Waals surface area (Å²) >= 11 is 19.9. The van der Waals surface area contributed by atoms with E-state index in [1.54, 1.807) is 24.3 Å². The van der Waals surface area contributed by atoms with Crippen molar-refractivity contribution in [2.24, 2.45) is 0 Å². The third-order valence-corrected chi connectivity index (χ3v) is 4.96. The summed E-state index contributed by atoms with van der Waals surface area (Å²) in [7, 11) is 0. The van der Waals surface area contributed by atoms with Crippen LogP contribution in [0.1, 0.15) is 15.9 Å². The largest absolute Gasteiger partial charge is 0.288 e. The molecule has 1 aromatic heterocycles. The zero-order valence-electron chi connectivity index (χ0n) is 8.14. The molecule has 0 spiro atoms. The zero-order chi connectivity index (χ0) is 12.6. The first-order valence-electron chi connectivity index (χ1n) is 4.43. The quantitative estimate of drug-likeness (QED) is 0.566. The lowest BCUT2D eigenvalue weighted by Crippen LogP contribution is -2.01. The highest BCUT2D eigenvalue weighted by molar-refractivity contribution is 9.12. The van der Waals surface area contributed by atoms with Crippen molar-refractivity contribution in [3.05, 3.63) is 53.0 Å². The number of ketones is 1. The number of hydrogen-bond donors (Lipinski definition) is 0. The van der Waals surface area contributed by atoms with Crippen LogP contribution in [0.3, 0.4) is 0 Å². The maximum absolute atomic E-state index is 12.2. The van der Waals surface area contributed by atoms with Crippen LogP contribution in [0, 0.1) is 0 Å². The van der Waals surface area contributed by atoms with Gasteiger partial charge in [0.1, 0.15) is 0 Å². The summed E-state index contributed by atoms with van der Waals surface area (Å²) in [6, 6.07) is 6.61. The van der Waals surface area contributed by atoms with Crippen LogP contribution in [0.5, 0.6) is 0 Å². The third-order valence-electron chi connectivity index (χ3n) is 2.08. The van der Waals surface area contributed by atoms with E-state index in [0.29, 0.717) is 21.2 Å². The number of halogens is 4. The molecule has 1 nitrogen and oxygen atoms in total. The van der Waals surface area contributed by atoms with Gasteiger partial charge in [-0.15, -0.1) is 11.3 Å². The Morgan fingerprint density at radius 1 is 1.12 bits per heavy atom. The van der Waals surface area contributed by atoms with Gasteiger partial charge in [0, 0.05) is 16.1 Å². The average Bonchev–Trinajstić information content (AvgIpc) is 2.57. The minimum atomic E-state index is -0.125. The predicted molar refractivity (Wildman–Crippen MR) is 79.6 cm³/mol. The monoisotopic (exact) mass is 412 g/mol. The number of carbonyl (C=O) groups is 1. The van der Waals surface area contributed by atoms with E-state index in [1.165, 1.54) is 11.3 Å². The summed E-state index contributed by atoms with van der Waals surface area (Å²) in [4.78, 5) is 12.2. The third kappa shape index (κ3) is 2.93. The van der Waals surface area contributed by atoms with E-state index in [2.05, 4.69) is 31.9 Å². The van der Waals surface area contributed by atoms with Gasteiger partial charge in [-0.3, -0.25) is 4.79 Å². The Kier molecular flexibility index (Phi) is 4.31. The fraction of sp³-hybridized carbons (Fsp3) is 0. The Balaban J connectivity index is 2.47. The van der Waals surface area contributed by atoms with Gasteiger partial charge in [-0.2, -0.15) is 0 Å². The van der Waals surface area contributed by atoms with Crippen molar-refractivity contribution in [1.29, 1.82) is 0 Å². The lowest BCUT2D eigenvalue weighted by atomic mass is 10.1.